The molecule has 37 heavy (non-hydrogen) atoms. The van der Waals surface area contributed by atoms with E-state index in [1.165, 1.54) is 6.07 Å². The van der Waals surface area contributed by atoms with Crippen LogP contribution < -0.4 is 5.32 Å². The Morgan fingerprint density at radius 1 is 1.05 bits per heavy atom. The van der Waals surface area contributed by atoms with Gasteiger partial charge in [-0.1, -0.05) is 69.1 Å². The number of carbonyl (C=O) groups is 1. The fraction of sp³-hybridized carbons (Fsp3) is 0.269. The summed E-state index contributed by atoms with van der Waals surface area (Å²) in [6.45, 7) is 7.40. The maximum absolute atomic E-state index is 13.5. The van der Waals surface area contributed by atoms with E-state index in [2.05, 4.69) is 15.4 Å². The quantitative estimate of drug-likeness (QED) is 0.314. The van der Waals surface area contributed by atoms with Gasteiger partial charge in [-0.05, 0) is 30.3 Å². The highest BCUT2D eigenvalue weighted by Gasteiger charge is 2.28. The smallest absolute Gasteiger partial charge is 0.245 e. The van der Waals surface area contributed by atoms with Crippen LogP contribution in [0, 0.1) is 0 Å². The second kappa shape index (κ2) is 10.4. The van der Waals surface area contributed by atoms with Crippen molar-refractivity contribution in [3.63, 3.8) is 0 Å². The lowest BCUT2D eigenvalue weighted by Gasteiger charge is -2.21. The fourth-order valence-corrected chi connectivity index (χ4v) is 5.65. The molecule has 0 fully saturated rings. The summed E-state index contributed by atoms with van der Waals surface area (Å²) in [7, 11) is -4.00. The Morgan fingerprint density at radius 2 is 1.78 bits per heavy atom. The molecule has 2 aromatic heterocycles. The number of amides is 1. The van der Waals surface area contributed by atoms with Crippen LogP contribution in [0.3, 0.4) is 0 Å². The number of aromatic nitrogens is 3. The second-order valence-corrected chi connectivity index (χ2v) is 12.2. The van der Waals surface area contributed by atoms with Crippen molar-refractivity contribution in [2.24, 2.45) is 0 Å². The number of sulfonamides is 1. The first-order valence-electron chi connectivity index (χ1n) is 11.6. The number of pyridine rings is 1. The van der Waals surface area contributed by atoms with Gasteiger partial charge < -0.3 is 5.32 Å². The van der Waals surface area contributed by atoms with Gasteiger partial charge in [-0.2, -0.15) is 9.40 Å². The van der Waals surface area contributed by atoms with Crippen molar-refractivity contribution < 1.29 is 13.2 Å². The molecule has 1 N–H and O–H groups in total. The monoisotopic (exact) mass is 559 g/mol. The number of anilines is 1. The van der Waals surface area contributed by atoms with Crippen LogP contribution in [0.1, 0.15) is 33.4 Å². The number of hydrogen-bond acceptors (Lipinski definition) is 5. The minimum atomic E-state index is -4.00. The van der Waals surface area contributed by atoms with Crippen LogP contribution in [0.5, 0.6) is 0 Å². The number of hydrogen-bond donors (Lipinski definition) is 1. The van der Waals surface area contributed by atoms with Crippen LogP contribution in [0.4, 0.5) is 5.82 Å². The zero-order chi connectivity index (χ0) is 27.0. The molecule has 0 saturated heterocycles. The minimum absolute atomic E-state index is 0.0520. The van der Waals surface area contributed by atoms with Crippen LogP contribution in [0.2, 0.25) is 10.0 Å². The molecule has 0 aliphatic carbocycles. The first-order chi connectivity index (χ1) is 17.4. The van der Waals surface area contributed by atoms with Crippen molar-refractivity contribution in [2.75, 3.05) is 18.4 Å². The van der Waals surface area contributed by atoms with Gasteiger partial charge in [0.2, 0.25) is 15.9 Å². The number of para-hydroxylation sites is 1. The maximum atomic E-state index is 13.5. The Labute approximate surface area is 226 Å². The first kappa shape index (κ1) is 27.1. The highest BCUT2D eigenvalue weighted by atomic mass is 35.5. The predicted molar refractivity (Wildman–Crippen MR) is 147 cm³/mol. The Hall–Kier alpha value is -2.98. The van der Waals surface area contributed by atoms with Gasteiger partial charge >= 0.3 is 0 Å². The highest BCUT2D eigenvalue weighted by Crippen LogP contribution is 2.30. The van der Waals surface area contributed by atoms with Gasteiger partial charge in [0, 0.05) is 29.6 Å². The highest BCUT2D eigenvalue weighted by molar-refractivity contribution is 7.89. The summed E-state index contributed by atoms with van der Waals surface area (Å²) >= 11 is 12.3. The van der Waals surface area contributed by atoms with E-state index in [1.54, 1.807) is 66.3 Å². The van der Waals surface area contributed by atoms with Gasteiger partial charge in [0.1, 0.15) is 10.7 Å². The number of likely N-dealkylation sites (N-methyl/N-ethyl adjacent to an activating group) is 1. The number of nitrogens with zero attached hydrogens (tertiary/aromatic N) is 4. The number of carbonyl (C=O) groups excluding carboxylic acids is 1. The molecule has 4 aromatic rings. The lowest BCUT2D eigenvalue weighted by molar-refractivity contribution is -0.116. The van der Waals surface area contributed by atoms with E-state index in [0.29, 0.717) is 32.5 Å². The Morgan fingerprint density at radius 3 is 2.46 bits per heavy atom. The lowest BCUT2D eigenvalue weighted by atomic mass is 9.92. The number of benzene rings is 2. The fourth-order valence-electron chi connectivity index (χ4n) is 3.78. The Bertz CT molecular complexity index is 1570. The van der Waals surface area contributed by atoms with Crippen LogP contribution in [0.25, 0.3) is 16.6 Å². The second-order valence-electron chi connectivity index (χ2n) is 9.49. The van der Waals surface area contributed by atoms with Crippen LogP contribution in [-0.4, -0.2) is 46.5 Å². The van der Waals surface area contributed by atoms with Crippen molar-refractivity contribution in [1.29, 1.82) is 0 Å². The van der Waals surface area contributed by atoms with Gasteiger partial charge in [-0.15, -0.1) is 0 Å². The standard InChI is InChI=1S/C26H27Cl2N5O3S/c1-5-32(37(35,36)21-10-6-8-17-9-7-13-29-25(17)21)16-24(34)30-23-15-22(26(2,3)4)31-33(23)18-11-12-19(27)20(28)14-18/h6-15H,5,16H2,1-4H3,(H,30,34). The van der Waals surface area contributed by atoms with E-state index in [0.717, 1.165) is 10.00 Å². The van der Waals surface area contributed by atoms with E-state index >= 15 is 0 Å². The Balaban J connectivity index is 1.65. The molecule has 0 aliphatic heterocycles. The third-order valence-electron chi connectivity index (χ3n) is 5.78. The van der Waals surface area contributed by atoms with Gasteiger partial charge in [0.05, 0.1) is 33.5 Å². The molecule has 194 valence electrons. The third kappa shape index (κ3) is 5.65. The summed E-state index contributed by atoms with van der Waals surface area (Å²) in [5.41, 5.74) is 1.38. The van der Waals surface area contributed by atoms with Crippen LogP contribution in [0.15, 0.2) is 65.7 Å². The van der Waals surface area contributed by atoms with Crippen molar-refractivity contribution in [2.45, 2.75) is 38.0 Å². The van der Waals surface area contributed by atoms with Crippen molar-refractivity contribution in [3.05, 3.63) is 76.5 Å². The summed E-state index contributed by atoms with van der Waals surface area (Å²) < 4.78 is 29.7. The average Bonchev–Trinajstić information content (AvgIpc) is 3.28. The molecule has 0 aliphatic rings. The molecule has 0 saturated carbocycles. The SMILES string of the molecule is CCN(CC(=O)Nc1cc(C(C)(C)C)nn1-c1ccc(Cl)c(Cl)c1)S(=O)(=O)c1cccc2cccnc12. The molecule has 0 bridgehead atoms. The van der Waals surface area contributed by atoms with Gasteiger partial charge in [-0.3, -0.25) is 9.78 Å². The van der Waals surface area contributed by atoms with E-state index in [4.69, 9.17) is 23.2 Å². The topological polar surface area (TPSA) is 97.2 Å². The molecular formula is C26H27Cl2N5O3S. The molecule has 0 unspecified atom stereocenters. The van der Waals surface area contributed by atoms with Gasteiger partial charge in [0.15, 0.2) is 0 Å². The van der Waals surface area contributed by atoms with E-state index in [-0.39, 0.29) is 23.4 Å². The van der Waals surface area contributed by atoms with E-state index in [1.807, 2.05) is 20.8 Å². The molecule has 11 heteroatoms. The van der Waals surface area contributed by atoms with E-state index < -0.39 is 15.9 Å². The summed E-state index contributed by atoms with van der Waals surface area (Å²) in [5.74, 6) is -0.131. The normalized spacial score (nSPS) is 12.3. The number of rotatable bonds is 7. The summed E-state index contributed by atoms with van der Waals surface area (Å²) in [5, 5.41) is 8.93. The summed E-state index contributed by atoms with van der Waals surface area (Å²) in [4.78, 5) is 17.5. The molecule has 2 aromatic carbocycles. The average molecular weight is 561 g/mol. The molecule has 0 radical (unpaired) electrons. The predicted octanol–water partition coefficient (Wildman–Crippen LogP) is 5.67. The van der Waals surface area contributed by atoms with Crippen LogP contribution >= 0.6 is 23.2 Å². The minimum Gasteiger partial charge on any atom is -0.309 e. The largest absolute Gasteiger partial charge is 0.309 e. The zero-order valence-corrected chi connectivity index (χ0v) is 23.2. The third-order valence-corrected chi connectivity index (χ3v) is 8.47. The number of halogens is 2. The van der Waals surface area contributed by atoms with Crippen molar-refractivity contribution in [1.82, 2.24) is 19.1 Å². The van der Waals surface area contributed by atoms with Gasteiger partial charge in [0.25, 0.3) is 0 Å². The molecular weight excluding hydrogens is 533 g/mol. The number of nitrogens with one attached hydrogen (secondary N) is 1. The number of fused-ring (bicyclic) bond motifs is 1. The van der Waals surface area contributed by atoms with Crippen LogP contribution in [-0.2, 0) is 20.2 Å². The lowest BCUT2D eigenvalue weighted by Crippen LogP contribution is -2.38. The van der Waals surface area contributed by atoms with E-state index in [9.17, 15) is 13.2 Å². The molecule has 0 spiro atoms. The van der Waals surface area contributed by atoms with Crippen molar-refractivity contribution in [3.8, 4) is 5.69 Å². The first-order valence-corrected chi connectivity index (χ1v) is 13.8. The summed E-state index contributed by atoms with van der Waals surface area (Å²) in [6.07, 6.45) is 1.54. The zero-order valence-electron chi connectivity index (χ0n) is 20.9. The van der Waals surface area contributed by atoms with Gasteiger partial charge in [-0.25, -0.2) is 13.1 Å². The van der Waals surface area contributed by atoms with Crippen molar-refractivity contribution >= 4 is 55.9 Å². The summed E-state index contributed by atoms with van der Waals surface area (Å²) in [6, 6.07) is 15.3. The molecule has 4 rings (SSSR count). The molecule has 8 nitrogen and oxygen atoms in total. The Kier molecular flexibility index (Phi) is 7.62. The molecule has 1 amide bonds. The molecule has 0 atom stereocenters. The molecule has 2 heterocycles. The maximum Gasteiger partial charge on any atom is 0.245 e.